The fourth-order valence-corrected chi connectivity index (χ4v) is 4.05. The van der Waals surface area contributed by atoms with E-state index in [-0.39, 0.29) is 11.8 Å². The molecule has 26 heavy (non-hydrogen) atoms. The number of carbonyl (C=O) groups excluding carboxylic acids is 1. The number of hydrogen-bond donors (Lipinski definition) is 1. The van der Waals surface area contributed by atoms with Crippen molar-refractivity contribution in [2.75, 3.05) is 18.0 Å². The van der Waals surface area contributed by atoms with Gasteiger partial charge in [-0.2, -0.15) is 4.98 Å². The van der Waals surface area contributed by atoms with Crippen LogP contribution >= 0.6 is 0 Å². The van der Waals surface area contributed by atoms with Gasteiger partial charge in [-0.1, -0.05) is 32.0 Å². The van der Waals surface area contributed by atoms with Gasteiger partial charge in [-0.05, 0) is 37.5 Å². The maximum atomic E-state index is 12.2. The molecule has 0 bridgehead atoms. The van der Waals surface area contributed by atoms with E-state index in [1.54, 1.807) is 0 Å². The lowest BCUT2D eigenvalue weighted by molar-refractivity contribution is -0.126. The molecule has 5 nitrogen and oxygen atoms in total. The highest BCUT2D eigenvalue weighted by Gasteiger charge is 2.43. The van der Waals surface area contributed by atoms with Crippen LogP contribution in [-0.4, -0.2) is 24.0 Å². The normalized spacial score (nSPS) is 19.3. The van der Waals surface area contributed by atoms with Crippen LogP contribution in [0.25, 0.3) is 0 Å². The number of carbonyl (C=O) groups is 1. The van der Waals surface area contributed by atoms with Crippen LogP contribution in [0.1, 0.15) is 50.2 Å². The lowest BCUT2D eigenvalue weighted by Gasteiger charge is -2.37. The molecule has 0 radical (unpaired) electrons. The summed E-state index contributed by atoms with van der Waals surface area (Å²) in [6.45, 7) is 5.84. The number of rotatable bonds is 3. The molecule has 1 atom stereocenters. The summed E-state index contributed by atoms with van der Waals surface area (Å²) < 4.78 is 6.12. The Hall–Kier alpha value is -2.56. The van der Waals surface area contributed by atoms with Gasteiger partial charge in [0.25, 0.3) is 0 Å². The van der Waals surface area contributed by atoms with Crippen molar-refractivity contribution >= 4 is 11.7 Å². The van der Waals surface area contributed by atoms with E-state index < -0.39 is 5.41 Å². The average Bonchev–Trinajstić information content (AvgIpc) is 2.66. The van der Waals surface area contributed by atoms with E-state index in [2.05, 4.69) is 11.0 Å². The smallest absolute Gasteiger partial charge is 0.225 e. The first-order chi connectivity index (χ1) is 12.5. The number of fused-ring (bicyclic) bond motifs is 2. The molecule has 1 amide bonds. The highest BCUT2D eigenvalue weighted by molar-refractivity contribution is 5.82. The summed E-state index contributed by atoms with van der Waals surface area (Å²) in [6, 6.07) is 11.9. The predicted octanol–water partition coefficient (Wildman–Crippen LogP) is 3.82. The third-order valence-electron chi connectivity index (χ3n) is 5.66. The Morgan fingerprint density at radius 2 is 1.85 bits per heavy atom. The topological polar surface area (TPSA) is 68.5 Å². The molecule has 2 aliphatic heterocycles. The number of aromatic nitrogens is 1. The summed E-state index contributed by atoms with van der Waals surface area (Å²) in [6.07, 6.45) is 3.67. The number of para-hydroxylation sites is 1. The second kappa shape index (κ2) is 6.31. The zero-order chi connectivity index (χ0) is 18.3. The average molecular weight is 351 g/mol. The van der Waals surface area contributed by atoms with Crippen LogP contribution in [0, 0.1) is 5.41 Å². The molecular formula is C21H25N3O2. The Morgan fingerprint density at radius 1 is 1.12 bits per heavy atom. The summed E-state index contributed by atoms with van der Waals surface area (Å²) in [5, 5.41) is 0. The minimum absolute atomic E-state index is 0.178. The zero-order valence-corrected chi connectivity index (χ0v) is 15.4. The van der Waals surface area contributed by atoms with E-state index in [1.807, 2.05) is 44.2 Å². The number of nitrogens with two attached hydrogens (primary N) is 1. The minimum Gasteiger partial charge on any atom is -0.438 e. The summed E-state index contributed by atoms with van der Waals surface area (Å²) in [4.78, 5) is 19.3. The summed E-state index contributed by atoms with van der Waals surface area (Å²) >= 11 is 0. The van der Waals surface area contributed by atoms with Crippen molar-refractivity contribution in [1.82, 2.24) is 4.98 Å². The van der Waals surface area contributed by atoms with Crippen LogP contribution in [-0.2, 0) is 4.79 Å². The van der Waals surface area contributed by atoms with Crippen molar-refractivity contribution < 1.29 is 9.53 Å². The van der Waals surface area contributed by atoms with Crippen LogP contribution in [0.3, 0.4) is 0 Å². The Labute approximate surface area is 154 Å². The number of hydrogen-bond acceptors (Lipinski definition) is 4. The lowest BCUT2D eigenvalue weighted by atomic mass is 9.70. The van der Waals surface area contributed by atoms with E-state index in [1.165, 1.54) is 19.3 Å². The van der Waals surface area contributed by atoms with Gasteiger partial charge in [0.2, 0.25) is 11.8 Å². The van der Waals surface area contributed by atoms with Gasteiger partial charge in [0.1, 0.15) is 11.6 Å². The Balaban J connectivity index is 1.81. The Kier molecular flexibility index (Phi) is 4.10. The summed E-state index contributed by atoms with van der Waals surface area (Å²) in [7, 11) is 0. The minimum atomic E-state index is -0.747. The van der Waals surface area contributed by atoms with E-state index in [9.17, 15) is 4.79 Å². The SMILES string of the molecule is CC(C)(C(N)=O)[C@@H]1c2ccccc2Oc2nc(N3CCCCC3)ccc21. The molecule has 4 rings (SSSR count). The third kappa shape index (κ3) is 2.71. The maximum Gasteiger partial charge on any atom is 0.225 e. The number of primary amides is 1. The molecule has 1 aromatic carbocycles. The summed E-state index contributed by atoms with van der Waals surface area (Å²) in [5.41, 5.74) is 6.91. The molecule has 0 aliphatic carbocycles. The van der Waals surface area contributed by atoms with Crippen LogP contribution in [0.4, 0.5) is 5.82 Å². The zero-order valence-electron chi connectivity index (χ0n) is 15.4. The van der Waals surface area contributed by atoms with Crippen molar-refractivity contribution in [3.8, 4) is 11.6 Å². The molecule has 1 fully saturated rings. The third-order valence-corrected chi connectivity index (χ3v) is 5.66. The lowest BCUT2D eigenvalue weighted by Crippen LogP contribution is -2.39. The highest BCUT2D eigenvalue weighted by atomic mass is 16.5. The number of piperidine rings is 1. The van der Waals surface area contributed by atoms with Crippen LogP contribution in [0.5, 0.6) is 11.6 Å². The van der Waals surface area contributed by atoms with Gasteiger partial charge in [-0.25, -0.2) is 0 Å². The molecule has 0 spiro atoms. The van der Waals surface area contributed by atoms with Crippen LogP contribution < -0.4 is 15.4 Å². The monoisotopic (exact) mass is 351 g/mol. The van der Waals surface area contributed by atoms with Gasteiger partial charge in [0.05, 0.1) is 5.41 Å². The molecule has 1 aromatic heterocycles. The van der Waals surface area contributed by atoms with Crippen LogP contribution in [0.2, 0.25) is 0 Å². The van der Waals surface area contributed by atoms with Crippen molar-refractivity contribution in [3.63, 3.8) is 0 Å². The molecule has 0 unspecified atom stereocenters. The van der Waals surface area contributed by atoms with Gasteiger partial charge in [-0.15, -0.1) is 0 Å². The standard InChI is InChI=1S/C21H25N3O2/c1-21(2,20(22)25)18-14-8-4-5-9-16(14)26-19-15(18)10-11-17(23-19)24-12-6-3-7-13-24/h4-5,8-11,18H,3,6-7,12-13H2,1-2H3,(H2,22,25)/t18-/m1/s1. The van der Waals surface area contributed by atoms with E-state index in [0.29, 0.717) is 5.88 Å². The number of nitrogens with zero attached hydrogens (tertiary/aromatic N) is 2. The fourth-order valence-electron chi connectivity index (χ4n) is 4.05. The molecule has 136 valence electrons. The number of benzene rings is 1. The van der Waals surface area contributed by atoms with E-state index in [4.69, 9.17) is 15.5 Å². The van der Waals surface area contributed by atoms with E-state index >= 15 is 0 Å². The van der Waals surface area contributed by atoms with E-state index in [0.717, 1.165) is 35.8 Å². The Bertz CT molecular complexity index is 841. The first-order valence-electron chi connectivity index (χ1n) is 9.31. The van der Waals surface area contributed by atoms with Crippen molar-refractivity contribution in [2.45, 2.75) is 39.0 Å². The first kappa shape index (κ1) is 16.9. The summed E-state index contributed by atoms with van der Waals surface area (Å²) in [5.74, 6) is 1.78. The molecule has 3 heterocycles. The molecule has 2 N–H and O–H groups in total. The molecule has 2 aliphatic rings. The fraction of sp³-hybridized carbons (Fsp3) is 0.429. The van der Waals surface area contributed by atoms with Gasteiger partial charge in [0, 0.05) is 30.1 Å². The highest BCUT2D eigenvalue weighted by Crippen LogP contribution is 2.51. The second-order valence-corrected chi connectivity index (χ2v) is 7.77. The number of anilines is 1. The van der Waals surface area contributed by atoms with Gasteiger partial charge in [-0.3, -0.25) is 4.79 Å². The first-order valence-corrected chi connectivity index (χ1v) is 9.31. The van der Waals surface area contributed by atoms with Gasteiger partial charge in [0.15, 0.2) is 0 Å². The largest absolute Gasteiger partial charge is 0.438 e. The predicted molar refractivity (Wildman–Crippen MR) is 102 cm³/mol. The van der Waals surface area contributed by atoms with Gasteiger partial charge < -0.3 is 15.4 Å². The molecule has 0 saturated carbocycles. The van der Waals surface area contributed by atoms with Crippen molar-refractivity contribution in [1.29, 1.82) is 0 Å². The van der Waals surface area contributed by atoms with Crippen molar-refractivity contribution in [2.24, 2.45) is 11.1 Å². The second-order valence-electron chi connectivity index (χ2n) is 7.77. The molecule has 2 aromatic rings. The van der Waals surface area contributed by atoms with Crippen LogP contribution in [0.15, 0.2) is 36.4 Å². The maximum absolute atomic E-state index is 12.2. The van der Waals surface area contributed by atoms with Gasteiger partial charge >= 0.3 is 0 Å². The molecular weight excluding hydrogens is 326 g/mol. The number of pyridine rings is 1. The van der Waals surface area contributed by atoms with Crippen molar-refractivity contribution in [3.05, 3.63) is 47.5 Å². The number of ether oxygens (including phenoxy) is 1. The quantitative estimate of drug-likeness (QED) is 0.913. The molecule has 1 saturated heterocycles. The Morgan fingerprint density at radius 3 is 2.58 bits per heavy atom. The molecule has 5 heteroatoms. The number of amides is 1.